The molecule has 0 spiro atoms. The Kier molecular flexibility index (Phi) is 5.80. The largest absolute Gasteiger partial charge is 0.478 e. The van der Waals surface area contributed by atoms with Crippen LogP contribution in [0.15, 0.2) is 24.8 Å². The van der Waals surface area contributed by atoms with Gasteiger partial charge >= 0.3 is 11.9 Å². The monoisotopic (exact) mass is 292 g/mol. The van der Waals surface area contributed by atoms with Crippen LogP contribution in [0.5, 0.6) is 0 Å². The highest BCUT2D eigenvalue weighted by molar-refractivity contribution is 6.03. The number of benzene rings is 1. The van der Waals surface area contributed by atoms with E-state index in [1.54, 1.807) is 0 Å². The number of aromatic carboxylic acids is 2. The first-order valence-electron chi connectivity index (χ1n) is 6.29. The maximum atomic E-state index is 11.4. The Labute approximate surface area is 121 Å². The van der Waals surface area contributed by atoms with E-state index in [9.17, 15) is 19.5 Å². The zero-order valence-electron chi connectivity index (χ0n) is 11.3. The summed E-state index contributed by atoms with van der Waals surface area (Å²) in [6, 6.07) is 2.68. The molecule has 3 N–H and O–H groups in total. The van der Waals surface area contributed by atoms with Gasteiger partial charge in [-0.3, -0.25) is 4.79 Å². The summed E-state index contributed by atoms with van der Waals surface area (Å²) in [5.41, 5.74) is 0.138. The maximum absolute atomic E-state index is 11.4. The normalized spacial score (nSPS) is 10.1. The Bertz CT molecular complexity index is 588. The van der Waals surface area contributed by atoms with E-state index in [0.29, 0.717) is 5.56 Å². The van der Waals surface area contributed by atoms with Gasteiger partial charge < -0.3 is 15.3 Å². The molecule has 0 amide bonds. The molecule has 0 radical (unpaired) electrons. The highest BCUT2D eigenvalue weighted by Crippen LogP contribution is 2.22. The van der Waals surface area contributed by atoms with Gasteiger partial charge in [-0.2, -0.15) is 0 Å². The average molecular weight is 292 g/mol. The second-order valence-corrected chi connectivity index (χ2v) is 4.38. The highest BCUT2D eigenvalue weighted by atomic mass is 16.4. The number of aliphatic hydroxyl groups excluding tert-OH is 1. The lowest BCUT2D eigenvalue weighted by atomic mass is 9.90. The summed E-state index contributed by atoms with van der Waals surface area (Å²) in [4.78, 5) is 33.9. The van der Waals surface area contributed by atoms with Crippen LogP contribution in [-0.4, -0.2) is 39.6 Å². The number of allylic oxidation sites excluding steroid dienone is 1. The molecule has 0 aliphatic carbocycles. The fraction of sp³-hybridized carbons (Fsp3) is 0.267. The predicted octanol–water partition coefficient (Wildman–Crippen LogP) is 1.31. The molecule has 21 heavy (non-hydrogen) atoms. The minimum Gasteiger partial charge on any atom is -0.478 e. The molecule has 0 aliphatic rings. The van der Waals surface area contributed by atoms with Gasteiger partial charge in [0.1, 0.15) is 0 Å². The third kappa shape index (κ3) is 4.00. The van der Waals surface area contributed by atoms with Gasteiger partial charge in [-0.15, -0.1) is 0 Å². The molecule has 1 aromatic rings. The molecule has 0 heterocycles. The van der Waals surface area contributed by atoms with Crippen LogP contribution >= 0.6 is 0 Å². The van der Waals surface area contributed by atoms with Crippen molar-refractivity contribution < 1.29 is 29.7 Å². The third-order valence-corrected chi connectivity index (χ3v) is 3.08. The summed E-state index contributed by atoms with van der Waals surface area (Å²) < 4.78 is 0. The van der Waals surface area contributed by atoms with Gasteiger partial charge in [0.2, 0.25) is 0 Å². The lowest BCUT2D eigenvalue weighted by molar-refractivity contribution is -0.114. The molecule has 0 bridgehead atoms. The summed E-state index contributed by atoms with van der Waals surface area (Å²) in [7, 11) is 0. The van der Waals surface area contributed by atoms with Gasteiger partial charge in [-0.1, -0.05) is 12.6 Å². The van der Waals surface area contributed by atoms with Gasteiger partial charge in [0.05, 0.1) is 11.1 Å². The van der Waals surface area contributed by atoms with E-state index in [2.05, 4.69) is 6.58 Å². The third-order valence-electron chi connectivity index (χ3n) is 3.08. The van der Waals surface area contributed by atoms with E-state index in [1.807, 2.05) is 0 Å². The zero-order valence-corrected chi connectivity index (χ0v) is 11.3. The number of carbonyl (C=O) groups is 3. The molecule has 0 fully saturated rings. The Morgan fingerprint density at radius 2 is 1.76 bits per heavy atom. The van der Waals surface area contributed by atoms with Gasteiger partial charge in [0.25, 0.3) is 0 Å². The molecular formula is C15H16O6. The quantitative estimate of drug-likeness (QED) is 0.623. The molecule has 0 aliphatic heterocycles. The minimum atomic E-state index is -1.37. The van der Waals surface area contributed by atoms with E-state index < -0.39 is 11.9 Å². The van der Waals surface area contributed by atoms with Crippen LogP contribution in [0.4, 0.5) is 0 Å². The van der Waals surface area contributed by atoms with Crippen molar-refractivity contribution in [2.75, 3.05) is 6.61 Å². The molecule has 0 saturated heterocycles. The number of hydrogen-bond acceptors (Lipinski definition) is 4. The summed E-state index contributed by atoms with van der Waals surface area (Å²) >= 11 is 0. The molecule has 1 aromatic carbocycles. The lowest BCUT2D eigenvalue weighted by Crippen LogP contribution is -2.15. The number of hydrogen-bond donors (Lipinski definition) is 3. The van der Waals surface area contributed by atoms with Crippen LogP contribution in [-0.2, 0) is 17.6 Å². The molecular weight excluding hydrogens is 276 g/mol. The Hall–Kier alpha value is -2.47. The van der Waals surface area contributed by atoms with Crippen LogP contribution in [0.25, 0.3) is 0 Å². The van der Waals surface area contributed by atoms with Crippen molar-refractivity contribution in [1.82, 2.24) is 0 Å². The predicted molar refractivity (Wildman–Crippen MR) is 74.7 cm³/mol. The lowest BCUT2D eigenvalue weighted by Gasteiger charge is -2.14. The average Bonchev–Trinajstić information content (AvgIpc) is 2.44. The van der Waals surface area contributed by atoms with Crippen molar-refractivity contribution in [2.45, 2.75) is 19.3 Å². The molecule has 0 atom stereocenters. The fourth-order valence-electron chi connectivity index (χ4n) is 2.10. The Morgan fingerprint density at radius 3 is 2.24 bits per heavy atom. The fourth-order valence-corrected chi connectivity index (χ4v) is 2.10. The van der Waals surface area contributed by atoms with Crippen molar-refractivity contribution in [2.24, 2.45) is 0 Å². The summed E-state index contributed by atoms with van der Waals surface area (Å²) in [5, 5.41) is 27.4. The molecule has 1 rings (SSSR count). The smallest absolute Gasteiger partial charge is 0.336 e. The molecule has 0 saturated carbocycles. The molecule has 6 heteroatoms. The number of carbonyl (C=O) groups excluding carboxylic acids is 1. The van der Waals surface area contributed by atoms with Crippen molar-refractivity contribution in [3.63, 3.8) is 0 Å². The van der Waals surface area contributed by atoms with Crippen LogP contribution in [0.3, 0.4) is 0 Å². The topological polar surface area (TPSA) is 112 Å². The number of carboxylic acid groups (broad SMARTS) is 2. The van der Waals surface area contributed by atoms with E-state index in [4.69, 9.17) is 10.2 Å². The van der Waals surface area contributed by atoms with Crippen LogP contribution in [0.2, 0.25) is 0 Å². The second-order valence-electron chi connectivity index (χ2n) is 4.38. The highest BCUT2D eigenvalue weighted by Gasteiger charge is 2.22. The number of carboxylic acids is 2. The first-order valence-corrected chi connectivity index (χ1v) is 6.29. The summed E-state index contributed by atoms with van der Waals surface area (Å²) in [6.07, 6.45) is 1.44. The SMILES string of the molecule is C=CC(=O)CCc1c(CCO)ccc(C(=O)O)c1C(=O)O. The van der Waals surface area contributed by atoms with Crippen LogP contribution < -0.4 is 0 Å². The van der Waals surface area contributed by atoms with Crippen molar-refractivity contribution in [3.05, 3.63) is 47.0 Å². The minimum absolute atomic E-state index is 0.0330. The Morgan fingerprint density at radius 1 is 1.10 bits per heavy atom. The Balaban J connectivity index is 3.39. The van der Waals surface area contributed by atoms with Crippen molar-refractivity contribution >= 4 is 17.7 Å². The van der Waals surface area contributed by atoms with Crippen molar-refractivity contribution in [3.8, 4) is 0 Å². The van der Waals surface area contributed by atoms with Crippen molar-refractivity contribution in [1.29, 1.82) is 0 Å². The van der Waals surface area contributed by atoms with E-state index in [-0.39, 0.29) is 48.3 Å². The van der Waals surface area contributed by atoms with E-state index >= 15 is 0 Å². The van der Waals surface area contributed by atoms with Gasteiger partial charge in [0.15, 0.2) is 5.78 Å². The first-order chi connectivity index (χ1) is 9.92. The standard InChI is InChI=1S/C15H16O6/c1-2-10(17)4-6-11-9(7-8-16)3-5-12(14(18)19)13(11)15(20)21/h2-3,5,16H,1,4,6-8H2,(H,18,19)(H,20,21). The molecule has 112 valence electrons. The number of ketones is 1. The second kappa shape index (κ2) is 7.35. The summed E-state index contributed by atoms with van der Waals surface area (Å²) in [6.45, 7) is 3.13. The first kappa shape index (κ1) is 16.6. The molecule has 0 aromatic heterocycles. The maximum Gasteiger partial charge on any atom is 0.336 e. The van der Waals surface area contributed by atoms with E-state index in [1.165, 1.54) is 12.1 Å². The van der Waals surface area contributed by atoms with Gasteiger partial charge in [0, 0.05) is 13.0 Å². The van der Waals surface area contributed by atoms with Gasteiger partial charge in [-0.05, 0) is 36.1 Å². The number of aliphatic hydroxyl groups is 1. The summed E-state index contributed by atoms with van der Waals surface area (Å²) in [5.74, 6) is -2.98. The van der Waals surface area contributed by atoms with Crippen LogP contribution in [0, 0.1) is 0 Å². The molecule has 6 nitrogen and oxygen atoms in total. The zero-order chi connectivity index (χ0) is 16.0. The van der Waals surface area contributed by atoms with E-state index in [0.717, 1.165) is 6.08 Å². The number of rotatable bonds is 8. The van der Waals surface area contributed by atoms with Crippen LogP contribution in [0.1, 0.15) is 38.3 Å². The van der Waals surface area contributed by atoms with Gasteiger partial charge in [-0.25, -0.2) is 9.59 Å². The molecule has 0 unspecified atom stereocenters.